The van der Waals surface area contributed by atoms with Crippen molar-refractivity contribution in [2.45, 2.75) is 19.9 Å². The van der Waals surface area contributed by atoms with Crippen molar-refractivity contribution in [3.8, 4) is 10.7 Å². The predicted molar refractivity (Wildman–Crippen MR) is 122 cm³/mol. The van der Waals surface area contributed by atoms with Crippen LogP contribution in [0, 0.1) is 6.92 Å². The zero-order valence-electron chi connectivity index (χ0n) is 17.0. The van der Waals surface area contributed by atoms with Crippen LogP contribution in [0.3, 0.4) is 0 Å². The van der Waals surface area contributed by atoms with Crippen LogP contribution >= 0.6 is 11.3 Å². The van der Waals surface area contributed by atoms with Crippen molar-refractivity contribution in [3.05, 3.63) is 88.6 Å². The number of aryl methyl sites for hydroxylation is 1. The third-order valence-corrected chi connectivity index (χ3v) is 5.97. The number of aromatic nitrogens is 4. The van der Waals surface area contributed by atoms with Gasteiger partial charge in [-0.3, -0.25) is 4.79 Å². The molecule has 31 heavy (non-hydrogen) atoms. The molecular weight excluding hydrogens is 408 g/mol. The molecule has 1 amide bonds. The summed E-state index contributed by atoms with van der Waals surface area (Å²) in [5.41, 5.74) is 3.39. The average molecular weight is 429 g/mol. The van der Waals surface area contributed by atoms with Gasteiger partial charge in [0.25, 0.3) is 5.91 Å². The Morgan fingerprint density at radius 1 is 1.13 bits per heavy atom. The van der Waals surface area contributed by atoms with Crippen LogP contribution in [0.25, 0.3) is 10.7 Å². The quantitative estimate of drug-likeness (QED) is 0.495. The number of hydrogen-bond acceptors (Lipinski definition) is 6. The third-order valence-electron chi connectivity index (χ3n) is 5.10. The number of allylic oxidation sites excluding steroid dienone is 1. The molecule has 2 N–H and O–H groups in total. The Kier molecular flexibility index (Phi) is 4.83. The number of thiophene rings is 1. The number of hydrogen-bond donors (Lipinski definition) is 2. The number of benzene rings is 1. The maximum atomic E-state index is 13.4. The molecule has 3 aromatic heterocycles. The summed E-state index contributed by atoms with van der Waals surface area (Å²) in [6.07, 6.45) is 1.65. The Labute approximate surface area is 183 Å². The Bertz CT molecular complexity index is 1280. The van der Waals surface area contributed by atoms with E-state index in [9.17, 15) is 4.79 Å². The molecule has 0 saturated heterocycles. The lowest BCUT2D eigenvalue weighted by Crippen LogP contribution is -2.31. The van der Waals surface area contributed by atoms with Gasteiger partial charge in [-0.2, -0.15) is 4.98 Å². The van der Waals surface area contributed by atoms with Gasteiger partial charge < -0.3 is 10.6 Å². The van der Waals surface area contributed by atoms with E-state index < -0.39 is 6.04 Å². The van der Waals surface area contributed by atoms with Crippen molar-refractivity contribution < 1.29 is 4.79 Å². The molecular formula is C23H20N6OS. The van der Waals surface area contributed by atoms with Gasteiger partial charge in [0.2, 0.25) is 5.95 Å². The number of anilines is 2. The number of nitrogens with zero attached hydrogens (tertiary/aromatic N) is 4. The maximum Gasteiger partial charge on any atom is 0.257 e. The summed E-state index contributed by atoms with van der Waals surface area (Å²) >= 11 is 1.58. The van der Waals surface area contributed by atoms with E-state index in [-0.39, 0.29) is 5.91 Å². The highest BCUT2D eigenvalue weighted by Crippen LogP contribution is 2.37. The van der Waals surface area contributed by atoms with E-state index >= 15 is 0 Å². The van der Waals surface area contributed by atoms with Gasteiger partial charge in [0.05, 0.1) is 10.5 Å². The molecule has 1 aliphatic heterocycles. The highest BCUT2D eigenvalue weighted by Gasteiger charge is 2.34. The fourth-order valence-corrected chi connectivity index (χ4v) is 4.38. The van der Waals surface area contributed by atoms with Gasteiger partial charge in [-0.1, -0.05) is 42.0 Å². The summed E-state index contributed by atoms with van der Waals surface area (Å²) in [4.78, 5) is 23.3. The maximum absolute atomic E-state index is 13.4. The van der Waals surface area contributed by atoms with E-state index in [1.165, 1.54) is 0 Å². The van der Waals surface area contributed by atoms with Gasteiger partial charge in [0.15, 0.2) is 5.82 Å². The second-order valence-corrected chi connectivity index (χ2v) is 8.28. The first-order chi connectivity index (χ1) is 15.1. The fourth-order valence-electron chi connectivity index (χ4n) is 3.72. The number of fused-ring (bicyclic) bond motifs is 1. The summed E-state index contributed by atoms with van der Waals surface area (Å²) in [6.45, 7) is 3.92. The molecule has 0 radical (unpaired) electrons. The molecule has 0 fully saturated rings. The SMILES string of the molecule is CC1=C(C(=O)Nc2ccccn2)C(c2cccc(C)c2)n2nc(-c3cccs3)nc2N1. The highest BCUT2D eigenvalue weighted by molar-refractivity contribution is 7.13. The minimum Gasteiger partial charge on any atom is -0.328 e. The van der Waals surface area contributed by atoms with Gasteiger partial charge in [0.1, 0.15) is 11.9 Å². The minimum atomic E-state index is -0.416. The lowest BCUT2D eigenvalue weighted by atomic mass is 9.94. The normalized spacial score (nSPS) is 15.4. The smallest absolute Gasteiger partial charge is 0.257 e. The Hall–Kier alpha value is -3.78. The number of amides is 1. The molecule has 1 aromatic carbocycles. The van der Waals surface area contributed by atoms with Crippen molar-refractivity contribution >= 4 is 29.0 Å². The second-order valence-electron chi connectivity index (χ2n) is 7.33. The minimum absolute atomic E-state index is 0.228. The zero-order chi connectivity index (χ0) is 21.4. The van der Waals surface area contributed by atoms with Gasteiger partial charge in [-0.15, -0.1) is 16.4 Å². The van der Waals surface area contributed by atoms with Crippen LogP contribution in [0.1, 0.15) is 24.1 Å². The average Bonchev–Trinajstić information content (AvgIpc) is 3.43. The summed E-state index contributed by atoms with van der Waals surface area (Å²) in [5.74, 6) is 1.52. The number of pyridine rings is 1. The summed E-state index contributed by atoms with van der Waals surface area (Å²) < 4.78 is 1.80. The first kappa shape index (κ1) is 19.2. The van der Waals surface area contributed by atoms with E-state index in [0.717, 1.165) is 21.7 Å². The monoisotopic (exact) mass is 428 g/mol. The van der Waals surface area contributed by atoms with E-state index in [0.29, 0.717) is 23.2 Å². The van der Waals surface area contributed by atoms with E-state index in [4.69, 9.17) is 10.1 Å². The number of rotatable bonds is 4. The van der Waals surface area contributed by atoms with Gasteiger partial charge in [0, 0.05) is 11.9 Å². The van der Waals surface area contributed by atoms with E-state index in [1.54, 1.807) is 28.3 Å². The molecule has 1 atom stereocenters. The standard InChI is InChI=1S/C23H20N6OS/c1-14-7-5-8-16(13-14)20-19(22(30)26-18-10-3-4-11-24-18)15(2)25-23-27-21(28-29(20)23)17-9-6-12-31-17/h3-13,20H,1-2H3,(H,24,26,30)(H,25,27,28). The summed E-state index contributed by atoms with van der Waals surface area (Å²) in [7, 11) is 0. The molecule has 4 heterocycles. The van der Waals surface area contributed by atoms with Crippen LogP contribution < -0.4 is 10.6 Å². The molecule has 0 saturated carbocycles. The molecule has 1 unspecified atom stereocenters. The van der Waals surface area contributed by atoms with Crippen LogP contribution in [0.15, 0.2) is 77.4 Å². The lowest BCUT2D eigenvalue weighted by molar-refractivity contribution is -0.113. The summed E-state index contributed by atoms with van der Waals surface area (Å²) in [6, 6.07) is 17.1. The van der Waals surface area contributed by atoms with Crippen LogP contribution in [0.2, 0.25) is 0 Å². The first-order valence-corrected chi connectivity index (χ1v) is 10.8. The van der Waals surface area contributed by atoms with Crippen LogP contribution in [0.4, 0.5) is 11.8 Å². The van der Waals surface area contributed by atoms with Crippen LogP contribution in [-0.2, 0) is 4.79 Å². The zero-order valence-corrected chi connectivity index (χ0v) is 17.9. The molecule has 0 spiro atoms. The van der Waals surface area contributed by atoms with Crippen LogP contribution in [-0.4, -0.2) is 25.7 Å². The largest absolute Gasteiger partial charge is 0.328 e. The molecule has 5 rings (SSSR count). The van der Waals surface area contributed by atoms with Crippen molar-refractivity contribution in [1.82, 2.24) is 19.7 Å². The molecule has 7 nitrogen and oxygen atoms in total. The number of carbonyl (C=O) groups is 1. The molecule has 0 bridgehead atoms. The van der Waals surface area contributed by atoms with Gasteiger partial charge >= 0.3 is 0 Å². The van der Waals surface area contributed by atoms with Crippen molar-refractivity contribution in [2.75, 3.05) is 10.6 Å². The number of carbonyl (C=O) groups excluding carboxylic acids is 1. The fraction of sp³-hybridized carbons (Fsp3) is 0.130. The van der Waals surface area contributed by atoms with Crippen molar-refractivity contribution in [3.63, 3.8) is 0 Å². The van der Waals surface area contributed by atoms with Crippen molar-refractivity contribution in [1.29, 1.82) is 0 Å². The Morgan fingerprint density at radius 2 is 2.03 bits per heavy atom. The molecule has 1 aliphatic rings. The van der Waals surface area contributed by atoms with Gasteiger partial charge in [-0.05, 0) is 43.0 Å². The van der Waals surface area contributed by atoms with Crippen molar-refractivity contribution in [2.24, 2.45) is 0 Å². The molecule has 4 aromatic rings. The Morgan fingerprint density at radius 3 is 2.77 bits per heavy atom. The Balaban J connectivity index is 1.62. The molecule has 8 heteroatoms. The lowest BCUT2D eigenvalue weighted by Gasteiger charge is -2.28. The third kappa shape index (κ3) is 3.62. The van der Waals surface area contributed by atoms with Gasteiger partial charge in [-0.25, -0.2) is 9.67 Å². The second kappa shape index (κ2) is 7.81. The number of nitrogens with one attached hydrogen (secondary N) is 2. The molecule has 154 valence electrons. The van der Waals surface area contributed by atoms with E-state index in [2.05, 4.69) is 21.7 Å². The van der Waals surface area contributed by atoms with E-state index in [1.807, 2.05) is 61.7 Å². The topological polar surface area (TPSA) is 84.7 Å². The predicted octanol–water partition coefficient (Wildman–Crippen LogP) is 4.64. The van der Waals surface area contributed by atoms with Crippen LogP contribution in [0.5, 0.6) is 0 Å². The summed E-state index contributed by atoms with van der Waals surface area (Å²) in [5, 5.41) is 13.0. The molecule has 0 aliphatic carbocycles. The first-order valence-electron chi connectivity index (χ1n) is 9.87. The highest BCUT2D eigenvalue weighted by atomic mass is 32.1.